The summed E-state index contributed by atoms with van der Waals surface area (Å²) in [4.78, 5) is 0. The maximum Gasteiger partial charge on any atom is 0.0487 e. The molecule has 1 heteroatoms. The summed E-state index contributed by atoms with van der Waals surface area (Å²) in [6.45, 7) is 11.0. The van der Waals surface area contributed by atoms with E-state index in [-0.39, 0.29) is 5.41 Å². The molecule has 0 aliphatic carbocycles. The summed E-state index contributed by atoms with van der Waals surface area (Å²) >= 11 is 6.50. The van der Waals surface area contributed by atoms with E-state index >= 15 is 0 Å². The Balaban J connectivity index is 2.46. The van der Waals surface area contributed by atoms with E-state index in [2.05, 4.69) is 77.1 Å². The van der Waals surface area contributed by atoms with Crippen LogP contribution >= 0.6 is 11.6 Å². The van der Waals surface area contributed by atoms with Gasteiger partial charge < -0.3 is 0 Å². The Bertz CT molecular complexity index is 603. The van der Waals surface area contributed by atoms with Crippen LogP contribution in [-0.4, -0.2) is 0 Å². The first kappa shape index (κ1) is 15.1. The summed E-state index contributed by atoms with van der Waals surface area (Å²) in [7, 11) is 0. The molecule has 0 bridgehead atoms. The predicted octanol–water partition coefficient (Wildman–Crippen LogP) is 6.43. The van der Waals surface area contributed by atoms with Crippen LogP contribution in [0.25, 0.3) is 11.1 Å². The standard InChI is InChI=1S/C19H23Cl/c1-13(2)14-7-6-8-15(11-14)17-10-9-16(12-18(17)20)19(3,4)5/h6-13H,1-5H3. The fourth-order valence-electron chi connectivity index (χ4n) is 2.28. The van der Waals surface area contributed by atoms with Gasteiger partial charge >= 0.3 is 0 Å². The zero-order valence-electron chi connectivity index (χ0n) is 13.0. The molecule has 0 fully saturated rings. The Kier molecular flexibility index (Phi) is 4.25. The van der Waals surface area contributed by atoms with Crippen molar-refractivity contribution in [2.75, 3.05) is 0 Å². The van der Waals surface area contributed by atoms with Gasteiger partial charge in [0, 0.05) is 10.6 Å². The van der Waals surface area contributed by atoms with Crippen molar-refractivity contribution in [3.63, 3.8) is 0 Å². The van der Waals surface area contributed by atoms with E-state index in [4.69, 9.17) is 11.6 Å². The molecule has 2 aromatic carbocycles. The molecular weight excluding hydrogens is 264 g/mol. The molecule has 2 aromatic rings. The molecule has 0 saturated heterocycles. The van der Waals surface area contributed by atoms with Crippen LogP contribution in [0.4, 0.5) is 0 Å². The molecule has 0 amide bonds. The number of benzene rings is 2. The van der Waals surface area contributed by atoms with Gasteiger partial charge in [-0.15, -0.1) is 0 Å². The minimum atomic E-state index is 0.127. The minimum absolute atomic E-state index is 0.127. The van der Waals surface area contributed by atoms with Crippen molar-refractivity contribution in [2.45, 2.75) is 46.0 Å². The molecule has 0 atom stereocenters. The number of halogens is 1. The number of hydrogen-bond donors (Lipinski definition) is 0. The van der Waals surface area contributed by atoms with E-state index in [1.807, 2.05) is 0 Å². The van der Waals surface area contributed by atoms with Crippen LogP contribution in [0, 0.1) is 0 Å². The molecule has 0 unspecified atom stereocenters. The molecular formula is C19H23Cl. The Morgan fingerprint density at radius 3 is 2.20 bits per heavy atom. The Morgan fingerprint density at radius 1 is 0.950 bits per heavy atom. The van der Waals surface area contributed by atoms with Crippen LogP contribution in [0.3, 0.4) is 0 Å². The molecule has 106 valence electrons. The monoisotopic (exact) mass is 286 g/mol. The molecule has 0 radical (unpaired) electrons. The molecule has 0 saturated carbocycles. The van der Waals surface area contributed by atoms with Crippen molar-refractivity contribution < 1.29 is 0 Å². The van der Waals surface area contributed by atoms with Crippen molar-refractivity contribution in [3.05, 3.63) is 58.6 Å². The molecule has 2 rings (SSSR count). The lowest BCUT2D eigenvalue weighted by Crippen LogP contribution is -2.10. The molecule has 0 N–H and O–H groups in total. The van der Waals surface area contributed by atoms with Crippen LogP contribution in [0.1, 0.15) is 51.7 Å². The predicted molar refractivity (Wildman–Crippen MR) is 89.7 cm³/mol. The van der Waals surface area contributed by atoms with Gasteiger partial charge in [-0.25, -0.2) is 0 Å². The zero-order chi connectivity index (χ0) is 14.9. The van der Waals surface area contributed by atoms with Gasteiger partial charge in [0.1, 0.15) is 0 Å². The lowest BCUT2D eigenvalue weighted by atomic mass is 9.86. The van der Waals surface area contributed by atoms with Crippen molar-refractivity contribution >= 4 is 11.6 Å². The summed E-state index contributed by atoms with van der Waals surface area (Å²) < 4.78 is 0. The van der Waals surface area contributed by atoms with Gasteiger partial charge in [-0.3, -0.25) is 0 Å². The minimum Gasteiger partial charge on any atom is -0.0837 e. The molecule has 0 nitrogen and oxygen atoms in total. The van der Waals surface area contributed by atoms with E-state index < -0.39 is 0 Å². The molecule has 0 heterocycles. The molecule has 0 aliphatic heterocycles. The van der Waals surface area contributed by atoms with Gasteiger partial charge in [0.05, 0.1) is 0 Å². The second kappa shape index (κ2) is 5.61. The van der Waals surface area contributed by atoms with Crippen LogP contribution in [0.15, 0.2) is 42.5 Å². The largest absolute Gasteiger partial charge is 0.0837 e. The first-order chi connectivity index (χ1) is 9.29. The molecule has 20 heavy (non-hydrogen) atoms. The second-order valence-electron chi connectivity index (χ2n) is 6.72. The lowest BCUT2D eigenvalue weighted by Gasteiger charge is -2.20. The van der Waals surface area contributed by atoms with Crippen LogP contribution in [0.5, 0.6) is 0 Å². The van der Waals surface area contributed by atoms with Gasteiger partial charge in [0.2, 0.25) is 0 Å². The maximum absolute atomic E-state index is 6.50. The van der Waals surface area contributed by atoms with Gasteiger partial charge in [-0.05, 0) is 34.1 Å². The third-order valence-corrected chi connectivity index (χ3v) is 4.01. The van der Waals surface area contributed by atoms with E-state index in [1.165, 1.54) is 16.7 Å². The molecule has 0 spiro atoms. The van der Waals surface area contributed by atoms with Crippen LogP contribution < -0.4 is 0 Å². The maximum atomic E-state index is 6.50. The number of hydrogen-bond acceptors (Lipinski definition) is 0. The van der Waals surface area contributed by atoms with E-state index in [0.29, 0.717) is 5.92 Å². The van der Waals surface area contributed by atoms with E-state index in [9.17, 15) is 0 Å². The summed E-state index contributed by atoms with van der Waals surface area (Å²) in [6.07, 6.45) is 0. The summed E-state index contributed by atoms with van der Waals surface area (Å²) in [6, 6.07) is 15.1. The first-order valence-electron chi connectivity index (χ1n) is 7.19. The normalized spacial score (nSPS) is 11.9. The second-order valence-corrected chi connectivity index (χ2v) is 7.13. The van der Waals surface area contributed by atoms with Crippen molar-refractivity contribution in [2.24, 2.45) is 0 Å². The summed E-state index contributed by atoms with van der Waals surface area (Å²) in [5.74, 6) is 0.530. The first-order valence-corrected chi connectivity index (χ1v) is 7.57. The Morgan fingerprint density at radius 2 is 1.65 bits per heavy atom. The Labute approximate surface area is 127 Å². The van der Waals surface area contributed by atoms with Gasteiger partial charge in [0.25, 0.3) is 0 Å². The highest BCUT2D eigenvalue weighted by Crippen LogP contribution is 2.33. The third-order valence-electron chi connectivity index (χ3n) is 3.70. The third kappa shape index (κ3) is 3.24. The topological polar surface area (TPSA) is 0 Å². The van der Waals surface area contributed by atoms with Crippen LogP contribution in [-0.2, 0) is 5.41 Å². The van der Waals surface area contributed by atoms with Crippen LogP contribution in [0.2, 0.25) is 5.02 Å². The van der Waals surface area contributed by atoms with Gasteiger partial charge in [0.15, 0.2) is 0 Å². The van der Waals surface area contributed by atoms with E-state index in [1.54, 1.807) is 0 Å². The highest BCUT2D eigenvalue weighted by Gasteiger charge is 2.15. The smallest absolute Gasteiger partial charge is 0.0487 e. The molecule has 0 aliphatic rings. The number of rotatable bonds is 2. The van der Waals surface area contributed by atoms with Gasteiger partial charge in [-0.2, -0.15) is 0 Å². The Hall–Kier alpha value is -1.27. The van der Waals surface area contributed by atoms with Gasteiger partial charge in [-0.1, -0.05) is 82.6 Å². The highest BCUT2D eigenvalue weighted by molar-refractivity contribution is 6.33. The average molecular weight is 287 g/mol. The fourth-order valence-corrected chi connectivity index (χ4v) is 2.57. The molecule has 0 aromatic heterocycles. The average Bonchev–Trinajstić information content (AvgIpc) is 2.37. The van der Waals surface area contributed by atoms with Crippen molar-refractivity contribution in [3.8, 4) is 11.1 Å². The lowest BCUT2D eigenvalue weighted by molar-refractivity contribution is 0.590. The zero-order valence-corrected chi connectivity index (χ0v) is 13.8. The quantitative estimate of drug-likeness (QED) is 0.597. The summed E-state index contributed by atoms with van der Waals surface area (Å²) in [5, 5.41) is 0.832. The summed E-state index contributed by atoms with van der Waals surface area (Å²) in [5.41, 5.74) is 5.05. The highest BCUT2D eigenvalue weighted by atomic mass is 35.5. The SMILES string of the molecule is CC(C)c1cccc(-c2ccc(C(C)(C)C)cc2Cl)c1. The van der Waals surface area contributed by atoms with E-state index in [0.717, 1.165) is 10.6 Å². The fraction of sp³-hybridized carbons (Fsp3) is 0.368. The van der Waals surface area contributed by atoms with Crippen molar-refractivity contribution in [1.82, 2.24) is 0 Å². The van der Waals surface area contributed by atoms with Crippen molar-refractivity contribution in [1.29, 1.82) is 0 Å².